The van der Waals surface area contributed by atoms with Crippen LogP contribution in [0.4, 0.5) is 0 Å². The Balaban J connectivity index is 1.59. The molecule has 0 N–H and O–H groups in total. The number of hydrogen-bond acceptors (Lipinski definition) is 5. The van der Waals surface area contributed by atoms with E-state index in [1.54, 1.807) is 11.8 Å². The van der Waals surface area contributed by atoms with Gasteiger partial charge in [-0.3, -0.25) is 0 Å². The lowest BCUT2D eigenvalue weighted by Gasteiger charge is -2.03. The molecule has 0 spiro atoms. The van der Waals surface area contributed by atoms with E-state index in [2.05, 4.69) is 39.7 Å². The van der Waals surface area contributed by atoms with Gasteiger partial charge in [0.1, 0.15) is 0 Å². The van der Waals surface area contributed by atoms with Crippen LogP contribution in [0.2, 0.25) is 0 Å². The molecule has 1 fully saturated rings. The molecule has 102 valence electrons. The molecular weight excluding hydrogens is 260 g/mol. The van der Waals surface area contributed by atoms with E-state index in [1.807, 2.05) is 6.20 Å². The second-order valence-corrected chi connectivity index (χ2v) is 6.28. The molecule has 2 heterocycles. The molecule has 2 aromatic rings. The third-order valence-corrected chi connectivity index (χ3v) is 3.96. The predicted octanol–water partition coefficient (Wildman–Crippen LogP) is 3.09. The predicted molar refractivity (Wildman–Crippen MR) is 72.9 cm³/mol. The van der Waals surface area contributed by atoms with E-state index in [-0.39, 0.29) is 0 Å². The second kappa shape index (κ2) is 5.36. The van der Waals surface area contributed by atoms with E-state index in [9.17, 15) is 0 Å². The summed E-state index contributed by atoms with van der Waals surface area (Å²) in [5.41, 5.74) is 0. The highest BCUT2D eigenvalue weighted by atomic mass is 32.2. The van der Waals surface area contributed by atoms with Crippen LogP contribution in [0.15, 0.2) is 22.1 Å². The highest BCUT2D eigenvalue weighted by Gasteiger charge is 2.25. The first kappa shape index (κ1) is 12.7. The van der Waals surface area contributed by atoms with Crippen LogP contribution in [0, 0.1) is 5.92 Å². The molecule has 0 unspecified atom stereocenters. The van der Waals surface area contributed by atoms with Gasteiger partial charge in [0.05, 0.1) is 5.75 Å². The highest BCUT2D eigenvalue weighted by Crippen LogP contribution is 2.38. The van der Waals surface area contributed by atoms with Crippen LogP contribution in [0.5, 0.6) is 0 Å². The van der Waals surface area contributed by atoms with Gasteiger partial charge in [-0.15, -0.1) is 0 Å². The quantitative estimate of drug-likeness (QED) is 0.760. The first-order chi connectivity index (χ1) is 9.22. The van der Waals surface area contributed by atoms with E-state index < -0.39 is 0 Å². The van der Waals surface area contributed by atoms with Crippen molar-refractivity contribution in [2.75, 3.05) is 0 Å². The molecule has 0 aliphatic heterocycles. The van der Waals surface area contributed by atoms with Gasteiger partial charge in [-0.2, -0.15) is 4.98 Å². The zero-order valence-electron chi connectivity index (χ0n) is 11.2. The first-order valence-corrected chi connectivity index (χ1v) is 7.68. The van der Waals surface area contributed by atoms with Gasteiger partial charge >= 0.3 is 0 Å². The maximum atomic E-state index is 5.26. The molecule has 5 nitrogen and oxygen atoms in total. The minimum absolute atomic E-state index is 0.548. The molecule has 0 aromatic carbocycles. The summed E-state index contributed by atoms with van der Waals surface area (Å²) in [5.74, 6) is 2.73. The molecule has 1 aliphatic rings. The number of aromatic nitrogens is 4. The minimum atomic E-state index is 0.548. The topological polar surface area (TPSA) is 56.7 Å². The van der Waals surface area contributed by atoms with Crippen molar-refractivity contribution in [1.29, 1.82) is 0 Å². The van der Waals surface area contributed by atoms with Gasteiger partial charge in [-0.1, -0.05) is 30.8 Å². The molecule has 6 heteroatoms. The summed E-state index contributed by atoms with van der Waals surface area (Å²) in [6, 6.07) is 0.657. The lowest BCUT2D eigenvalue weighted by molar-refractivity contribution is 0.382. The van der Waals surface area contributed by atoms with Crippen LogP contribution in [0.1, 0.15) is 44.4 Å². The Hall–Kier alpha value is -1.30. The molecule has 0 atom stereocenters. The van der Waals surface area contributed by atoms with Crippen molar-refractivity contribution in [3.63, 3.8) is 0 Å². The lowest BCUT2D eigenvalue weighted by atomic mass is 10.1. The second-order valence-electron chi connectivity index (χ2n) is 5.34. The van der Waals surface area contributed by atoms with E-state index in [1.165, 1.54) is 12.8 Å². The summed E-state index contributed by atoms with van der Waals surface area (Å²) in [6.07, 6.45) is 7.31. The average molecular weight is 278 g/mol. The number of imidazole rings is 1. The van der Waals surface area contributed by atoms with Crippen LogP contribution in [0.3, 0.4) is 0 Å². The molecule has 0 saturated heterocycles. The summed E-state index contributed by atoms with van der Waals surface area (Å²) in [5, 5.41) is 5.05. The zero-order valence-corrected chi connectivity index (χ0v) is 12.1. The van der Waals surface area contributed by atoms with Gasteiger partial charge in [-0.25, -0.2) is 4.98 Å². The van der Waals surface area contributed by atoms with E-state index in [0.29, 0.717) is 23.6 Å². The first-order valence-electron chi connectivity index (χ1n) is 6.69. The Kier molecular flexibility index (Phi) is 3.59. The van der Waals surface area contributed by atoms with Crippen molar-refractivity contribution < 1.29 is 4.52 Å². The smallest absolute Gasteiger partial charge is 0.237 e. The van der Waals surface area contributed by atoms with E-state index >= 15 is 0 Å². The van der Waals surface area contributed by atoms with Gasteiger partial charge in [-0.05, 0) is 18.8 Å². The van der Waals surface area contributed by atoms with Gasteiger partial charge < -0.3 is 9.09 Å². The normalized spacial score (nSPS) is 15.3. The Labute approximate surface area is 116 Å². The summed E-state index contributed by atoms with van der Waals surface area (Å²) in [7, 11) is 0. The Morgan fingerprint density at radius 1 is 1.47 bits per heavy atom. The maximum absolute atomic E-state index is 5.26. The Morgan fingerprint density at radius 2 is 2.32 bits per heavy atom. The number of thioether (sulfide) groups is 1. The number of hydrogen-bond donors (Lipinski definition) is 0. The lowest BCUT2D eigenvalue weighted by Crippen LogP contribution is -1.96. The standard InChI is InChI=1S/C13H18N4OS/c1-9(2)7-11-15-12(18-16-11)8-19-13-14-5-6-17(13)10-3-4-10/h5-6,9-10H,3-4,7-8H2,1-2H3. The summed E-state index contributed by atoms with van der Waals surface area (Å²) in [6.45, 7) is 4.30. The third kappa shape index (κ3) is 3.18. The van der Waals surface area contributed by atoms with Crippen LogP contribution in [-0.4, -0.2) is 19.7 Å². The van der Waals surface area contributed by atoms with Gasteiger partial charge in [0, 0.05) is 24.9 Å². The molecule has 3 rings (SSSR count). The largest absolute Gasteiger partial charge is 0.338 e. The molecule has 0 bridgehead atoms. The zero-order chi connectivity index (χ0) is 13.2. The fourth-order valence-corrected chi connectivity index (χ4v) is 2.83. The monoisotopic (exact) mass is 278 g/mol. The summed E-state index contributed by atoms with van der Waals surface area (Å²) >= 11 is 1.66. The molecular formula is C13H18N4OS. The Bertz CT molecular complexity index is 544. The van der Waals surface area contributed by atoms with E-state index in [4.69, 9.17) is 4.52 Å². The van der Waals surface area contributed by atoms with Gasteiger partial charge in [0.25, 0.3) is 0 Å². The number of nitrogens with zero attached hydrogens (tertiary/aromatic N) is 4. The SMILES string of the molecule is CC(C)Cc1noc(CSc2nccn2C2CC2)n1. The fraction of sp³-hybridized carbons (Fsp3) is 0.615. The Morgan fingerprint density at radius 3 is 3.05 bits per heavy atom. The molecule has 19 heavy (non-hydrogen) atoms. The van der Waals surface area contributed by atoms with Crippen molar-refractivity contribution in [1.82, 2.24) is 19.7 Å². The number of rotatable bonds is 6. The van der Waals surface area contributed by atoms with Crippen molar-refractivity contribution in [3.8, 4) is 0 Å². The summed E-state index contributed by atoms with van der Waals surface area (Å²) < 4.78 is 7.51. The summed E-state index contributed by atoms with van der Waals surface area (Å²) in [4.78, 5) is 8.79. The highest BCUT2D eigenvalue weighted by molar-refractivity contribution is 7.98. The maximum Gasteiger partial charge on any atom is 0.237 e. The van der Waals surface area contributed by atoms with Crippen molar-refractivity contribution >= 4 is 11.8 Å². The third-order valence-electron chi connectivity index (χ3n) is 3.00. The van der Waals surface area contributed by atoms with Crippen LogP contribution in [-0.2, 0) is 12.2 Å². The van der Waals surface area contributed by atoms with Gasteiger partial charge in [0.15, 0.2) is 11.0 Å². The molecule has 1 aliphatic carbocycles. The van der Waals surface area contributed by atoms with Crippen LogP contribution >= 0.6 is 11.8 Å². The van der Waals surface area contributed by atoms with Crippen LogP contribution < -0.4 is 0 Å². The fourth-order valence-electron chi connectivity index (χ4n) is 1.96. The van der Waals surface area contributed by atoms with Crippen molar-refractivity contribution in [2.24, 2.45) is 5.92 Å². The van der Waals surface area contributed by atoms with Crippen molar-refractivity contribution in [2.45, 2.75) is 50.1 Å². The average Bonchev–Trinajstić information content (AvgIpc) is 2.94. The molecule has 2 aromatic heterocycles. The molecule has 0 radical (unpaired) electrons. The van der Waals surface area contributed by atoms with Crippen molar-refractivity contribution in [3.05, 3.63) is 24.1 Å². The van der Waals surface area contributed by atoms with E-state index in [0.717, 1.165) is 17.4 Å². The minimum Gasteiger partial charge on any atom is -0.338 e. The van der Waals surface area contributed by atoms with Gasteiger partial charge in [0.2, 0.25) is 5.89 Å². The van der Waals surface area contributed by atoms with Crippen LogP contribution in [0.25, 0.3) is 0 Å². The molecule has 1 saturated carbocycles. The molecule has 0 amide bonds.